The van der Waals surface area contributed by atoms with E-state index in [0.717, 1.165) is 11.1 Å². The first kappa shape index (κ1) is 17.6. The second-order valence-electron chi connectivity index (χ2n) is 6.99. The Labute approximate surface area is 161 Å². The topological polar surface area (TPSA) is 60.3 Å². The highest BCUT2D eigenvalue weighted by molar-refractivity contribution is 6.35. The molecule has 4 rings (SSSR count). The van der Waals surface area contributed by atoms with E-state index in [9.17, 15) is 9.59 Å². The van der Waals surface area contributed by atoms with Crippen molar-refractivity contribution in [3.8, 4) is 5.75 Å². The van der Waals surface area contributed by atoms with Gasteiger partial charge in [-0.15, -0.1) is 0 Å². The molecule has 3 aromatic rings. The van der Waals surface area contributed by atoms with Crippen LogP contribution < -0.4 is 15.5 Å². The summed E-state index contributed by atoms with van der Waals surface area (Å²) in [6, 6.07) is 9.19. The first-order valence-corrected chi connectivity index (χ1v) is 9.14. The van der Waals surface area contributed by atoms with E-state index < -0.39 is 11.3 Å². The Bertz CT molecular complexity index is 1150. The molecule has 6 heteroatoms. The van der Waals surface area contributed by atoms with Crippen LogP contribution in [0, 0.1) is 13.8 Å². The number of halogens is 1. The number of rotatable bonds is 2. The summed E-state index contributed by atoms with van der Waals surface area (Å²) in [7, 11) is 0. The van der Waals surface area contributed by atoms with Gasteiger partial charge in [0.25, 0.3) is 5.91 Å². The highest BCUT2D eigenvalue weighted by Gasteiger charge is 2.24. The lowest BCUT2D eigenvalue weighted by Crippen LogP contribution is -2.30. The minimum Gasteiger partial charge on any atom is -0.487 e. The first-order chi connectivity index (χ1) is 12.8. The van der Waals surface area contributed by atoms with Crippen molar-refractivity contribution < 1.29 is 9.53 Å². The number of carbonyl (C=O) groups excluding carboxylic acids is 1. The molecule has 27 heavy (non-hydrogen) atoms. The van der Waals surface area contributed by atoms with E-state index in [4.69, 9.17) is 16.3 Å². The quantitative estimate of drug-likeness (QED) is 0.718. The van der Waals surface area contributed by atoms with Gasteiger partial charge in [0.2, 0.25) is 5.43 Å². The summed E-state index contributed by atoms with van der Waals surface area (Å²) in [5.41, 5.74) is 2.95. The van der Waals surface area contributed by atoms with Crippen molar-refractivity contribution in [1.29, 1.82) is 0 Å². The van der Waals surface area contributed by atoms with Crippen molar-refractivity contribution >= 4 is 34.1 Å². The Hall–Kier alpha value is -2.79. The SMILES string of the molecule is Cc1ccc(C)c(NC(=O)c2cn3c4c(ccc(Cl)c4c2=O)OC(C)C3)c1. The zero-order chi connectivity index (χ0) is 19.3. The van der Waals surface area contributed by atoms with Crippen LogP contribution in [0.3, 0.4) is 0 Å². The van der Waals surface area contributed by atoms with Crippen LogP contribution in [0.2, 0.25) is 5.02 Å². The fourth-order valence-corrected chi connectivity index (χ4v) is 3.69. The minimum absolute atomic E-state index is 0.0663. The second kappa shape index (κ2) is 6.43. The smallest absolute Gasteiger partial charge is 0.261 e. The summed E-state index contributed by atoms with van der Waals surface area (Å²) in [5, 5.41) is 3.49. The van der Waals surface area contributed by atoms with Gasteiger partial charge >= 0.3 is 0 Å². The molecule has 0 spiro atoms. The molecule has 2 aromatic carbocycles. The number of nitrogens with one attached hydrogen (secondary N) is 1. The van der Waals surface area contributed by atoms with Crippen molar-refractivity contribution in [2.75, 3.05) is 5.32 Å². The molecule has 0 saturated heterocycles. The average molecular weight is 383 g/mol. The Kier molecular flexibility index (Phi) is 4.19. The van der Waals surface area contributed by atoms with Crippen molar-refractivity contribution in [1.82, 2.24) is 4.57 Å². The molecule has 138 valence electrons. The van der Waals surface area contributed by atoms with Crippen molar-refractivity contribution in [3.05, 3.63) is 68.5 Å². The summed E-state index contributed by atoms with van der Waals surface area (Å²) in [4.78, 5) is 26.0. The molecule has 1 unspecified atom stereocenters. The van der Waals surface area contributed by atoms with Crippen LogP contribution in [-0.4, -0.2) is 16.6 Å². The standard InChI is InChI=1S/C21H19ClN2O3/c1-11-4-5-12(2)16(8-11)23-21(26)14-10-24-9-13(3)27-17-7-6-15(22)18(19(17)24)20(14)25/h4-8,10,13H,9H2,1-3H3,(H,23,26). The normalized spacial score (nSPS) is 15.5. The number of benzene rings is 2. The molecule has 0 fully saturated rings. The average Bonchev–Trinajstić information content (AvgIpc) is 2.62. The summed E-state index contributed by atoms with van der Waals surface area (Å²) < 4.78 is 7.70. The molecule has 2 heterocycles. The summed E-state index contributed by atoms with van der Waals surface area (Å²) in [5.74, 6) is 0.159. The maximum atomic E-state index is 13.0. The number of aromatic nitrogens is 1. The Morgan fingerprint density at radius 1 is 1.26 bits per heavy atom. The number of hydrogen-bond acceptors (Lipinski definition) is 3. The van der Waals surface area contributed by atoms with Gasteiger partial charge in [-0.25, -0.2) is 0 Å². The Morgan fingerprint density at radius 3 is 2.81 bits per heavy atom. The van der Waals surface area contributed by atoms with Gasteiger partial charge in [-0.2, -0.15) is 0 Å². The predicted octanol–water partition coefficient (Wildman–Crippen LogP) is 4.30. The van der Waals surface area contributed by atoms with E-state index in [0.29, 0.717) is 33.9 Å². The van der Waals surface area contributed by atoms with Gasteiger partial charge in [0.15, 0.2) is 0 Å². The molecule has 1 aliphatic rings. The van der Waals surface area contributed by atoms with E-state index >= 15 is 0 Å². The molecule has 0 aliphatic carbocycles. The first-order valence-electron chi connectivity index (χ1n) is 8.76. The van der Waals surface area contributed by atoms with Gasteiger partial charge in [0.1, 0.15) is 17.4 Å². The largest absolute Gasteiger partial charge is 0.487 e. The monoisotopic (exact) mass is 382 g/mol. The zero-order valence-corrected chi connectivity index (χ0v) is 16.1. The van der Waals surface area contributed by atoms with E-state index in [1.807, 2.05) is 43.5 Å². The van der Waals surface area contributed by atoms with E-state index in [1.165, 1.54) is 0 Å². The lowest BCUT2D eigenvalue weighted by Gasteiger charge is -2.26. The number of anilines is 1. The minimum atomic E-state index is -0.444. The van der Waals surface area contributed by atoms with Crippen LogP contribution in [0.25, 0.3) is 10.9 Å². The third-order valence-corrected chi connectivity index (χ3v) is 5.12. The summed E-state index contributed by atoms with van der Waals surface area (Å²) in [6.45, 7) is 6.34. The zero-order valence-electron chi connectivity index (χ0n) is 15.3. The number of hydrogen-bond donors (Lipinski definition) is 1. The number of aryl methyl sites for hydroxylation is 2. The van der Waals surface area contributed by atoms with Gasteiger partial charge < -0.3 is 14.6 Å². The van der Waals surface area contributed by atoms with Crippen LogP contribution >= 0.6 is 11.6 Å². The maximum Gasteiger partial charge on any atom is 0.261 e. The van der Waals surface area contributed by atoms with E-state index in [-0.39, 0.29) is 11.7 Å². The van der Waals surface area contributed by atoms with E-state index in [1.54, 1.807) is 18.3 Å². The van der Waals surface area contributed by atoms with Crippen LogP contribution in [0.15, 0.2) is 41.3 Å². The number of amides is 1. The third kappa shape index (κ3) is 2.98. The van der Waals surface area contributed by atoms with Crippen molar-refractivity contribution in [2.24, 2.45) is 0 Å². The lowest BCUT2D eigenvalue weighted by molar-refractivity contribution is 0.102. The van der Waals surface area contributed by atoms with Gasteiger partial charge in [0.05, 0.1) is 22.5 Å². The Morgan fingerprint density at radius 2 is 2.04 bits per heavy atom. The summed E-state index contributed by atoms with van der Waals surface area (Å²) in [6.07, 6.45) is 1.53. The second-order valence-corrected chi connectivity index (χ2v) is 7.40. The van der Waals surface area contributed by atoms with Crippen molar-refractivity contribution in [3.63, 3.8) is 0 Å². The van der Waals surface area contributed by atoms with Crippen LogP contribution in [0.4, 0.5) is 5.69 Å². The fraction of sp³-hybridized carbons (Fsp3) is 0.238. The van der Waals surface area contributed by atoms with Gasteiger partial charge in [-0.05, 0) is 50.1 Å². The summed E-state index contributed by atoms with van der Waals surface area (Å²) >= 11 is 6.31. The van der Waals surface area contributed by atoms with Crippen molar-refractivity contribution in [2.45, 2.75) is 33.4 Å². The molecule has 5 nitrogen and oxygen atoms in total. The van der Waals surface area contributed by atoms with Crippen LogP contribution in [0.1, 0.15) is 28.4 Å². The molecule has 1 aromatic heterocycles. The van der Waals surface area contributed by atoms with Crippen LogP contribution in [-0.2, 0) is 6.54 Å². The molecule has 0 radical (unpaired) electrons. The van der Waals surface area contributed by atoms with Gasteiger partial charge in [-0.1, -0.05) is 23.7 Å². The number of ether oxygens (including phenoxy) is 1. The van der Waals surface area contributed by atoms with Gasteiger partial charge in [-0.3, -0.25) is 9.59 Å². The molecule has 1 amide bonds. The molecular weight excluding hydrogens is 364 g/mol. The number of nitrogens with zero attached hydrogens (tertiary/aromatic N) is 1. The molecule has 0 bridgehead atoms. The highest BCUT2D eigenvalue weighted by atomic mass is 35.5. The molecule has 1 N–H and O–H groups in total. The Balaban J connectivity index is 1.87. The maximum absolute atomic E-state index is 13.0. The van der Waals surface area contributed by atoms with Gasteiger partial charge in [0, 0.05) is 11.9 Å². The molecule has 1 aliphatic heterocycles. The molecule has 1 atom stereocenters. The predicted molar refractivity (Wildman–Crippen MR) is 107 cm³/mol. The van der Waals surface area contributed by atoms with E-state index in [2.05, 4.69) is 5.32 Å². The number of carbonyl (C=O) groups is 1. The highest BCUT2D eigenvalue weighted by Crippen LogP contribution is 2.33. The number of pyridine rings is 1. The third-order valence-electron chi connectivity index (χ3n) is 4.80. The molecule has 0 saturated carbocycles. The fourth-order valence-electron chi connectivity index (χ4n) is 3.45. The van der Waals surface area contributed by atoms with Crippen LogP contribution in [0.5, 0.6) is 5.75 Å². The molecular formula is C21H19ClN2O3. The lowest BCUT2D eigenvalue weighted by atomic mass is 10.1.